The quantitative estimate of drug-likeness (QED) is 0.610. The Balaban J connectivity index is 2.45. The highest BCUT2D eigenvalue weighted by Gasteiger charge is 2.45. The normalized spacial score (nSPS) is 14.8. The number of oxime groups is 1. The summed E-state index contributed by atoms with van der Waals surface area (Å²) in [4.78, 5) is 16.7. The van der Waals surface area contributed by atoms with Gasteiger partial charge in [-0.05, 0) is 13.0 Å². The minimum absolute atomic E-state index is 0.0456. The highest BCUT2D eigenvalue weighted by atomic mass is 19.4. The molecule has 1 aromatic heterocycles. The van der Waals surface area contributed by atoms with Crippen LogP contribution < -0.4 is 5.56 Å². The van der Waals surface area contributed by atoms with Gasteiger partial charge < -0.3 is 10.0 Å². The van der Waals surface area contributed by atoms with Crippen molar-refractivity contribution < 1.29 is 36.4 Å². The summed E-state index contributed by atoms with van der Waals surface area (Å²) in [5, 5.41) is 19.6. The first-order valence-corrected chi connectivity index (χ1v) is 7.59. The second kappa shape index (κ2) is 6.49. The number of alkyl halides is 6. The molecule has 1 aliphatic rings. The van der Waals surface area contributed by atoms with Crippen molar-refractivity contribution in [2.45, 2.75) is 25.7 Å². The van der Waals surface area contributed by atoms with Gasteiger partial charge in [-0.2, -0.15) is 26.3 Å². The van der Waals surface area contributed by atoms with E-state index in [4.69, 9.17) is 0 Å². The Morgan fingerprint density at radius 2 is 1.79 bits per heavy atom. The van der Waals surface area contributed by atoms with Crippen molar-refractivity contribution in [1.29, 1.82) is 0 Å². The Kier molecular flexibility index (Phi) is 4.55. The van der Waals surface area contributed by atoms with E-state index in [0.717, 1.165) is 6.92 Å². The van der Waals surface area contributed by atoms with Gasteiger partial charge in [0.1, 0.15) is 6.61 Å². The summed E-state index contributed by atoms with van der Waals surface area (Å²) in [6, 6.07) is 0.857. The fourth-order valence-electron chi connectivity index (χ4n) is 2.74. The van der Waals surface area contributed by atoms with E-state index in [9.17, 15) is 36.3 Å². The van der Waals surface area contributed by atoms with E-state index in [0.29, 0.717) is 12.1 Å². The zero-order chi connectivity index (χ0) is 20.9. The van der Waals surface area contributed by atoms with Gasteiger partial charge in [0.05, 0.1) is 16.8 Å². The van der Waals surface area contributed by atoms with Gasteiger partial charge in [0.25, 0.3) is 0 Å². The van der Waals surface area contributed by atoms with Crippen molar-refractivity contribution in [3.05, 3.63) is 45.0 Å². The van der Waals surface area contributed by atoms with Crippen LogP contribution in [0.15, 0.2) is 22.1 Å². The average molecular weight is 408 g/mol. The fraction of sp³-hybridized carbons (Fsp3) is 0.333. The molecule has 150 valence electrons. The average Bonchev–Trinajstić information content (AvgIpc) is 3.11. The van der Waals surface area contributed by atoms with Crippen LogP contribution in [0.5, 0.6) is 0 Å². The molecule has 1 aliphatic heterocycles. The molecule has 13 heteroatoms. The molecule has 2 heterocycles. The monoisotopic (exact) mass is 408 g/mol. The van der Waals surface area contributed by atoms with Crippen molar-refractivity contribution >= 4 is 5.71 Å². The molecule has 1 aromatic carbocycles. The number of halogens is 6. The van der Waals surface area contributed by atoms with Gasteiger partial charge >= 0.3 is 17.9 Å². The van der Waals surface area contributed by atoms with Gasteiger partial charge in [0, 0.05) is 17.5 Å². The lowest BCUT2D eigenvalue weighted by atomic mass is 9.89. The molecule has 0 bridgehead atoms. The molecule has 7 nitrogen and oxygen atoms in total. The Morgan fingerprint density at radius 1 is 1.11 bits per heavy atom. The number of hydrogen-bond donors (Lipinski definition) is 1. The van der Waals surface area contributed by atoms with Crippen LogP contribution in [-0.2, 0) is 17.2 Å². The number of nitrogens with zero attached hydrogens (tertiary/aromatic N) is 4. The number of benzene rings is 1. The van der Waals surface area contributed by atoms with Crippen LogP contribution in [0, 0.1) is 6.92 Å². The predicted molar refractivity (Wildman–Crippen MR) is 80.8 cm³/mol. The number of hydrogen-bond acceptors (Lipinski definition) is 6. The Bertz CT molecular complexity index is 1030. The minimum atomic E-state index is -5.31. The summed E-state index contributed by atoms with van der Waals surface area (Å²) in [5.41, 5.74) is -8.46. The second-order valence-corrected chi connectivity index (χ2v) is 5.74. The summed E-state index contributed by atoms with van der Waals surface area (Å²) in [6.07, 6.45) is -10.7. The van der Waals surface area contributed by atoms with Crippen LogP contribution in [0.4, 0.5) is 26.3 Å². The van der Waals surface area contributed by atoms with Crippen LogP contribution in [0.2, 0.25) is 0 Å². The van der Waals surface area contributed by atoms with E-state index in [2.05, 4.69) is 20.2 Å². The molecule has 28 heavy (non-hydrogen) atoms. The molecule has 2 aromatic rings. The number of aromatic nitrogens is 3. The van der Waals surface area contributed by atoms with E-state index in [-0.39, 0.29) is 23.6 Å². The van der Waals surface area contributed by atoms with Crippen molar-refractivity contribution in [3.63, 3.8) is 0 Å². The van der Waals surface area contributed by atoms with Crippen LogP contribution in [0.3, 0.4) is 0 Å². The third kappa shape index (κ3) is 3.27. The second-order valence-electron chi connectivity index (χ2n) is 5.74. The lowest BCUT2D eigenvalue weighted by Gasteiger charge is -2.21. The van der Waals surface area contributed by atoms with Crippen LogP contribution >= 0.6 is 0 Å². The maximum absolute atomic E-state index is 13.8. The Morgan fingerprint density at radius 3 is 2.32 bits per heavy atom. The predicted octanol–water partition coefficient (Wildman–Crippen LogP) is 3.01. The number of rotatable bonds is 2. The molecule has 3 rings (SSSR count). The summed E-state index contributed by atoms with van der Waals surface area (Å²) >= 11 is 0. The van der Waals surface area contributed by atoms with Gasteiger partial charge in [-0.1, -0.05) is 11.2 Å². The molecule has 1 N–H and O–H groups in total. The Hall–Kier alpha value is -3.12. The van der Waals surface area contributed by atoms with Crippen molar-refractivity contribution in [2.75, 3.05) is 6.61 Å². The Labute approximate surface area is 151 Å². The highest BCUT2D eigenvalue weighted by Crippen LogP contribution is 2.44. The maximum Gasteiger partial charge on any atom is 0.417 e. The molecule has 0 amide bonds. The van der Waals surface area contributed by atoms with Crippen molar-refractivity contribution in [2.24, 2.45) is 5.16 Å². The lowest BCUT2D eigenvalue weighted by Crippen LogP contribution is -2.27. The molecular weight excluding hydrogens is 398 g/mol. The largest absolute Gasteiger partial charge is 0.424 e. The molecule has 0 aliphatic carbocycles. The third-order valence-electron chi connectivity index (χ3n) is 3.94. The zero-order valence-corrected chi connectivity index (χ0v) is 13.9. The minimum Gasteiger partial charge on any atom is -0.424 e. The van der Waals surface area contributed by atoms with Crippen molar-refractivity contribution in [1.82, 2.24) is 14.9 Å². The van der Waals surface area contributed by atoms with Gasteiger partial charge in [-0.25, -0.2) is 0 Å². The summed E-state index contributed by atoms with van der Waals surface area (Å²) in [5.74, 6) is -0.317. The molecule has 0 radical (unpaired) electrons. The first kappa shape index (κ1) is 19.6. The molecule has 0 spiro atoms. The lowest BCUT2D eigenvalue weighted by molar-refractivity contribution is -0.143. The highest BCUT2D eigenvalue weighted by molar-refractivity contribution is 6.05. The maximum atomic E-state index is 13.8. The van der Waals surface area contributed by atoms with Crippen LogP contribution in [0.1, 0.15) is 28.9 Å². The molecule has 0 saturated carbocycles. The first-order chi connectivity index (χ1) is 12.9. The van der Waals surface area contributed by atoms with E-state index >= 15 is 0 Å². The summed E-state index contributed by atoms with van der Waals surface area (Å²) < 4.78 is 81.7. The summed E-state index contributed by atoms with van der Waals surface area (Å²) in [7, 11) is 0. The van der Waals surface area contributed by atoms with E-state index < -0.39 is 51.6 Å². The molecular formula is C15H10F6N4O3. The number of aryl methyl sites for hydroxylation is 1. The van der Waals surface area contributed by atoms with E-state index in [1.165, 1.54) is 0 Å². The van der Waals surface area contributed by atoms with Gasteiger partial charge in [-0.15, -0.1) is 14.9 Å². The fourth-order valence-corrected chi connectivity index (χ4v) is 2.74. The summed E-state index contributed by atoms with van der Waals surface area (Å²) in [6.45, 7) is 0.966. The van der Waals surface area contributed by atoms with Gasteiger partial charge in [-0.3, -0.25) is 4.79 Å². The zero-order valence-electron chi connectivity index (χ0n) is 13.9. The first-order valence-electron chi connectivity index (χ1n) is 7.59. The van der Waals surface area contributed by atoms with E-state index in [1.54, 1.807) is 0 Å². The van der Waals surface area contributed by atoms with Gasteiger partial charge in [0.15, 0.2) is 11.5 Å². The molecule has 0 atom stereocenters. The van der Waals surface area contributed by atoms with Gasteiger partial charge in [0.2, 0.25) is 0 Å². The molecule has 0 unspecified atom stereocenters. The smallest absolute Gasteiger partial charge is 0.417 e. The molecule has 0 saturated heterocycles. The molecule has 0 fully saturated rings. The standard InChI is InChI=1S/C15H10F6N4O3/c1-6-22-23-12(13(26)25(6)27)7-2-3-8(14(16,17)18)10(9-4-5-28-24-9)11(7)15(19,20)21/h2-3,27H,4-5H2,1H3. The SMILES string of the molecule is Cc1nnc(-c2ccc(C(F)(F)F)c(C3=NOCC3)c2C(F)(F)F)c(=O)n1O. The van der Waals surface area contributed by atoms with Crippen LogP contribution in [0.25, 0.3) is 11.3 Å². The topological polar surface area (TPSA) is 89.6 Å². The van der Waals surface area contributed by atoms with E-state index in [1.807, 2.05) is 0 Å². The third-order valence-corrected chi connectivity index (χ3v) is 3.94. The van der Waals surface area contributed by atoms with Crippen molar-refractivity contribution in [3.8, 4) is 11.3 Å². The van der Waals surface area contributed by atoms with Crippen LogP contribution in [-0.4, -0.2) is 32.5 Å².